The average molecular weight is 319 g/mol. The average Bonchev–Trinajstić information content (AvgIpc) is 2.46. The Labute approximate surface area is 131 Å². The molecule has 1 aliphatic rings. The van der Waals surface area contributed by atoms with Crippen molar-refractivity contribution >= 4 is 17.7 Å². The molecule has 1 unspecified atom stereocenters. The molecule has 0 heterocycles. The van der Waals surface area contributed by atoms with Crippen LogP contribution in [0.15, 0.2) is 46.2 Å². The predicted molar refractivity (Wildman–Crippen MR) is 81.8 cm³/mol. The van der Waals surface area contributed by atoms with Gasteiger partial charge in [-0.2, -0.15) is 0 Å². The van der Waals surface area contributed by atoms with Crippen LogP contribution in [0.5, 0.6) is 0 Å². The SMILES string of the molecule is NC(=O)C1CCCc2cc(Sc3cccc(F)c3)cc(F)c21. The van der Waals surface area contributed by atoms with E-state index in [1.165, 1.54) is 30.0 Å². The Bertz CT molecular complexity index is 733. The van der Waals surface area contributed by atoms with Gasteiger partial charge >= 0.3 is 0 Å². The molecule has 1 amide bonds. The van der Waals surface area contributed by atoms with E-state index in [-0.39, 0.29) is 5.82 Å². The zero-order chi connectivity index (χ0) is 15.7. The summed E-state index contributed by atoms with van der Waals surface area (Å²) in [7, 11) is 0. The van der Waals surface area contributed by atoms with Crippen molar-refractivity contribution in [2.45, 2.75) is 35.0 Å². The lowest BCUT2D eigenvalue weighted by atomic mass is 9.82. The van der Waals surface area contributed by atoms with Crippen molar-refractivity contribution in [3.05, 3.63) is 59.2 Å². The minimum atomic E-state index is -0.544. The molecule has 2 nitrogen and oxygen atoms in total. The molecule has 1 atom stereocenters. The fourth-order valence-electron chi connectivity index (χ4n) is 2.90. The van der Waals surface area contributed by atoms with Crippen LogP contribution in [0.2, 0.25) is 0 Å². The Balaban J connectivity index is 1.95. The van der Waals surface area contributed by atoms with E-state index in [0.29, 0.717) is 21.8 Å². The molecule has 3 rings (SSSR count). The van der Waals surface area contributed by atoms with Crippen LogP contribution in [-0.2, 0) is 11.2 Å². The Morgan fingerprint density at radius 3 is 2.73 bits per heavy atom. The van der Waals surface area contributed by atoms with E-state index in [1.807, 2.05) is 6.07 Å². The summed E-state index contributed by atoms with van der Waals surface area (Å²) in [5, 5.41) is 0. The first kappa shape index (κ1) is 15.0. The third kappa shape index (κ3) is 2.99. The van der Waals surface area contributed by atoms with Gasteiger partial charge in [-0.25, -0.2) is 8.78 Å². The molecular weight excluding hydrogens is 304 g/mol. The number of halogens is 2. The van der Waals surface area contributed by atoms with Crippen molar-refractivity contribution < 1.29 is 13.6 Å². The Morgan fingerprint density at radius 2 is 2.00 bits per heavy atom. The van der Waals surface area contributed by atoms with E-state index in [0.717, 1.165) is 18.4 Å². The molecule has 0 spiro atoms. The number of fused-ring (bicyclic) bond motifs is 1. The zero-order valence-electron chi connectivity index (χ0n) is 11.8. The molecule has 5 heteroatoms. The van der Waals surface area contributed by atoms with E-state index in [4.69, 9.17) is 5.73 Å². The standard InChI is InChI=1S/C17H15F2NOS/c18-11-4-2-5-12(8-11)22-13-7-10-3-1-6-14(17(20)21)16(10)15(19)9-13/h2,4-5,7-9,14H,1,3,6H2,(H2,20,21). The molecule has 1 aliphatic carbocycles. The summed E-state index contributed by atoms with van der Waals surface area (Å²) in [4.78, 5) is 12.9. The molecular formula is C17H15F2NOS. The van der Waals surface area contributed by atoms with E-state index in [1.54, 1.807) is 12.1 Å². The maximum absolute atomic E-state index is 14.4. The molecule has 22 heavy (non-hydrogen) atoms. The molecule has 0 fully saturated rings. The maximum atomic E-state index is 14.4. The first-order valence-corrected chi connectivity index (χ1v) is 7.91. The van der Waals surface area contributed by atoms with Crippen molar-refractivity contribution in [1.29, 1.82) is 0 Å². The van der Waals surface area contributed by atoms with Crippen molar-refractivity contribution in [1.82, 2.24) is 0 Å². The highest BCUT2D eigenvalue weighted by Crippen LogP contribution is 2.38. The van der Waals surface area contributed by atoms with Crippen LogP contribution in [0.4, 0.5) is 8.78 Å². The van der Waals surface area contributed by atoms with Crippen LogP contribution >= 0.6 is 11.8 Å². The van der Waals surface area contributed by atoms with Crippen LogP contribution in [0.3, 0.4) is 0 Å². The van der Waals surface area contributed by atoms with Gasteiger partial charge in [0.05, 0.1) is 5.92 Å². The Kier molecular flexibility index (Phi) is 4.16. The summed E-state index contributed by atoms with van der Waals surface area (Å²) in [5.74, 6) is -1.75. The normalized spacial score (nSPS) is 17.1. The van der Waals surface area contributed by atoms with E-state index in [2.05, 4.69) is 0 Å². The zero-order valence-corrected chi connectivity index (χ0v) is 12.6. The van der Waals surface area contributed by atoms with Crippen LogP contribution in [0, 0.1) is 11.6 Å². The largest absolute Gasteiger partial charge is 0.369 e. The van der Waals surface area contributed by atoms with Gasteiger partial charge in [-0.1, -0.05) is 17.8 Å². The second-order valence-corrected chi connectivity index (χ2v) is 6.53. The number of carbonyl (C=O) groups is 1. The van der Waals surface area contributed by atoms with Crippen molar-refractivity contribution in [3.63, 3.8) is 0 Å². The van der Waals surface area contributed by atoms with Crippen LogP contribution < -0.4 is 5.73 Å². The van der Waals surface area contributed by atoms with E-state index in [9.17, 15) is 13.6 Å². The van der Waals surface area contributed by atoms with Gasteiger partial charge in [0.2, 0.25) is 5.91 Å². The number of benzene rings is 2. The van der Waals surface area contributed by atoms with Crippen molar-refractivity contribution in [2.75, 3.05) is 0 Å². The number of hydrogen-bond acceptors (Lipinski definition) is 2. The fourth-order valence-corrected chi connectivity index (χ4v) is 3.85. The lowest BCUT2D eigenvalue weighted by Gasteiger charge is -2.24. The molecule has 2 aromatic rings. The number of carbonyl (C=O) groups excluding carboxylic acids is 1. The molecule has 2 aromatic carbocycles. The molecule has 0 saturated heterocycles. The molecule has 0 aliphatic heterocycles. The number of nitrogens with two attached hydrogens (primary N) is 1. The second kappa shape index (κ2) is 6.08. The minimum absolute atomic E-state index is 0.322. The van der Waals surface area contributed by atoms with Crippen molar-refractivity contribution in [3.8, 4) is 0 Å². The summed E-state index contributed by atoms with van der Waals surface area (Å²) in [6.07, 6.45) is 2.14. The lowest BCUT2D eigenvalue weighted by Crippen LogP contribution is -2.26. The van der Waals surface area contributed by atoms with Gasteiger partial charge in [0.25, 0.3) is 0 Å². The smallest absolute Gasteiger partial charge is 0.225 e. The highest BCUT2D eigenvalue weighted by molar-refractivity contribution is 7.99. The number of amides is 1. The van der Waals surface area contributed by atoms with Gasteiger partial charge in [0.15, 0.2) is 0 Å². The number of hydrogen-bond donors (Lipinski definition) is 1. The summed E-state index contributed by atoms with van der Waals surface area (Å²) in [6, 6.07) is 9.45. The van der Waals surface area contributed by atoms with Crippen LogP contribution in [0.1, 0.15) is 29.9 Å². The highest BCUT2D eigenvalue weighted by Gasteiger charge is 2.28. The molecule has 0 aromatic heterocycles. The predicted octanol–water partition coefficient (Wildman–Crippen LogP) is 4.02. The van der Waals surface area contributed by atoms with Gasteiger partial charge in [0.1, 0.15) is 11.6 Å². The summed E-state index contributed by atoms with van der Waals surface area (Å²) < 4.78 is 27.7. The quantitative estimate of drug-likeness (QED) is 0.928. The van der Waals surface area contributed by atoms with Crippen LogP contribution in [0.25, 0.3) is 0 Å². The molecule has 2 N–H and O–H groups in total. The molecule has 114 valence electrons. The fraction of sp³-hybridized carbons (Fsp3) is 0.235. The van der Waals surface area contributed by atoms with Crippen molar-refractivity contribution in [2.24, 2.45) is 5.73 Å². The minimum Gasteiger partial charge on any atom is -0.369 e. The van der Waals surface area contributed by atoms with Gasteiger partial charge in [-0.3, -0.25) is 4.79 Å². The van der Waals surface area contributed by atoms with E-state index < -0.39 is 17.6 Å². The van der Waals surface area contributed by atoms with Gasteiger partial charge < -0.3 is 5.73 Å². The Hall–Kier alpha value is -1.88. The van der Waals surface area contributed by atoms with Gasteiger partial charge in [-0.15, -0.1) is 0 Å². The second-order valence-electron chi connectivity index (χ2n) is 5.38. The monoisotopic (exact) mass is 319 g/mol. The summed E-state index contributed by atoms with van der Waals surface area (Å²) >= 11 is 1.30. The molecule has 0 saturated carbocycles. The summed E-state index contributed by atoms with van der Waals surface area (Å²) in [6.45, 7) is 0. The third-order valence-corrected chi connectivity index (χ3v) is 4.81. The number of rotatable bonds is 3. The maximum Gasteiger partial charge on any atom is 0.225 e. The van der Waals surface area contributed by atoms with Crippen LogP contribution in [-0.4, -0.2) is 5.91 Å². The topological polar surface area (TPSA) is 43.1 Å². The molecule has 0 bridgehead atoms. The number of aryl methyl sites for hydroxylation is 1. The first-order valence-electron chi connectivity index (χ1n) is 7.09. The third-order valence-electron chi connectivity index (χ3n) is 3.85. The molecule has 0 radical (unpaired) electrons. The van der Waals surface area contributed by atoms with Gasteiger partial charge in [-0.05, 0) is 55.2 Å². The Morgan fingerprint density at radius 1 is 1.18 bits per heavy atom. The first-order chi connectivity index (χ1) is 10.5. The number of primary amides is 1. The van der Waals surface area contributed by atoms with E-state index >= 15 is 0 Å². The lowest BCUT2D eigenvalue weighted by molar-refractivity contribution is -0.119. The highest BCUT2D eigenvalue weighted by atomic mass is 32.2. The van der Waals surface area contributed by atoms with Gasteiger partial charge in [0, 0.05) is 15.4 Å². The summed E-state index contributed by atoms with van der Waals surface area (Å²) in [5.41, 5.74) is 6.64.